The summed E-state index contributed by atoms with van der Waals surface area (Å²) in [4.78, 5) is 6.89. The average Bonchev–Trinajstić information content (AvgIpc) is 2.94. The Hall–Kier alpha value is -2.01. The van der Waals surface area contributed by atoms with Gasteiger partial charge in [0.2, 0.25) is 0 Å². The van der Waals surface area contributed by atoms with Gasteiger partial charge in [-0.1, -0.05) is 6.07 Å². The molecule has 118 valence electrons. The summed E-state index contributed by atoms with van der Waals surface area (Å²) in [5, 5.41) is 3.62. The van der Waals surface area contributed by atoms with Gasteiger partial charge in [0, 0.05) is 50.3 Å². The minimum Gasteiger partial charge on any atom is -0.497 e. The second-order valence-corrected chi connectivity index (χ2v) is 5.88. The van der Waals surface area contributed by atoms with E-state index >= 15 is 0 Å². The zero-order chi connectivity index (χ0) is 15.4. The van der Waals surface area contributed by atoms with E-state index < -0.39 is 0 Å². The highest BCUT2D eigenvalue weighted by Crippen LogP contribution is 2.21. The maximum absolute atomic E-state index is 5.27. The van der Waals surface area contributed by atoms with Crippen LogP contribution in [0.5, 0.6) is 5.75 Å². The molecule has 22 heavy (non-hydrogen) atoms. The molecule has 1 aliphatic heterocycles. The van der Waals surface area contributed by atoms with Gasteiger partial charge in [-0.25, -0.2) is 4.98 Å². The van der Waals surface area contributed by atoms with Crippen LogP contribution in [0.3, 0.4) is 0 Å². The van der Waals surface area contributed by atoms with Gasteiger partial charge in [-0.15, -0.1) is 0 Å². The van der Waals surface area contributed by atoms with E-state index in [1.54, 1.807) is 7.11 Å². The molecule has 1 aromatic heterocycles. The maximum atomic E-state index is 5.27. The normalized spacial score (nSPS) is 16.6. The second kappa shape index (κ2) is 6.83. The first-order valence-electron chi connectivity index (χ1n) is 7.84. The van der Waals surface area contributed by atoms with Gasteiger partial charge < -0.3 is 14.6 Å². The van der Waals surface area contributed by atoms with E-state index in [0.29, 0.717) is 6.04 Å². The molecule has 1 aliphatic rings. The van der Waals surface area contributed by atoms with Crippen molar-refractivity contribution >= 4 is 5.69 Å². The Morgan fingerprint density at radius 2 is 2.14 bits per heavy atom. The number of rotatable bonds is 5. The van der Waals surface area contributed by atoms with Gasteiger partial charge in [-0.3, -0.25) is 4.90 Å². The average molecular weight is 300 g/mol. The van der Waals surface area contributed by atoms with Crippen molar-refractivity contribution in [2.75, 3.05) is 25.5 Å². The van der Waals surface area contributed by atoms with Gasteiger partial charge in [0.1, 0.15) is 11.6 Å². The molecule has 3 rings (SSSR count). The van der Waals surface area contributed by atoms with E-state index in [0.717, 1.165) is 49.7 Å². The molecule has 0 saturated carbocycles. The number of piperidine rings is 1. The van der Waals surface area contributed by atoms with Crippen molar-refractivity contribution in [2.45, 2.75) is 25.4 Å². The summed E-state index contributed by atoms with van der Waals surface area (Å²) in [7, 11) is 3.76. The summed E-state index contributed by atoms with van der Waals surface area (Å²) >= 11 is 0. The number of benzene rings is 1. The van der Waals surface area contributed by atoms with Gasteiger partial charge in [-0.2, -0.15) is 0 Å². The minimum atomic E-state index is 0.532. The molecule has 0 bridgehead atoms. The number of imidazole rings is 1. The second-order valence-electron chi connectivity index (χ2n) is 5.88. The fraction of sp³-hybridized carbons (Fsp3) is 0.471. The third-order valence-corrected chi connectivity index (χ3v) is 4.31. The highest BCUT2D eigenvalue weighted by Gasteiger charge is 2.20. The van der Waals surface area contributed by atoms with Crippen molar-refractivity contribution in [3.05, 3.63) is 42.5 Å². The SMILES string of the molecule is COc1cccc(NC2CCN(Cc3nccn3C)CC2)c1. The van der Waals surface area contributed by atoms with Crippen molar-refractivity contribution in [3.8, 4) is 5.75 Å². The Balaban J connectivity index is 1.50. The number of aromatic nitrogens is 2. The van der Waals surface area contributed by atoms with Crippen LogP contribution in [0.25, 0.3) is 0 Å². The molecule has 0 spiro atoms. The summed E-state index contributed by atoms with van der Waals surface area (Å²) in [5.74, 6) is 2.04. The zero-order valence-corrected chi connectivity index (χ0v) is 13.3. The lowest BCUT2D eigenvalue weighted by Crippen LogP contribution is -2.39. The summed E-state index contributed by atoms with van der Waals surface area (Å²) in [6, 6.07) is 8.69. The summed E-state index contributed by atoms with van der Waals surface area (Å²) in [6.07, 6.45) is 6.18. The number of anilines is 1. The maximum Gasteiger partial charge on any atom is 0.122 e. The quantitative estimate of drug-likeness (QED) is 0.921. The number of nitrogens with zero attached hydrogens (tertiary/aromatic N) is 3. The molecule has 2 heterocycles. The molecule has 0 aliphatic carbocycles. The zero-order valence-electron chi connectivity index (χ0n) is 13.3. The van der Waals surface area contributed by atoms with Gasteiger partial charge in [-0.05, 0) is 25.0 Å². The molecule has 5 nitrogen and oxygen atoms in total. The van der Waals surface area contributed by atoms with Crippen LogP contribution in [0.2, 0.25) is 0 Å². The van der Waals surface area contributed by atoms with Crippen molar-refractivity contribution in [1.29, 1.82) is 0 Å². The van der Waals surface area contributed by atoms with Gasteiger partial charge in [0.25, 0.3) is 0 Å². The van der Waals surface area contributed by atoms with Crippen molar-refractivity contribution in [2.24, 2.45) is 7.05 Å². The molecule has 0 amide bonds. The molecule has 2 aromatic rings. The number of ether oxygens (including phenoxy) is 1. The topological polar surface area (TPSA) is 42.3 Å². The minimum absolute atomic E-state index is 0.532. The molecule has 0 atom stereocenters. The first-order chi connectivity index (χ1) is 10.7. The third-order valence-electron chi connectivity index (χ3n) is 4.31. The lowest BCUT2D eigenvalue weighted by atomic mass is 10.0. The fourth-order valence-corrected chi connectivity index (χ4v) is 2.93. The highest BCUT2D eigenvalue weighted by molar-refractivity contribution is 5.48. The van der Waals surface area contributed by atoms with Crippen LogP contribution in [0.15, 0.2) is 36.7 Å². The standard InChI is InChI=1S/C17H24N4O/c1-20-11-8-18-17(20)13-21-9-6-14(7-10-21)19-15-4-3-5-16(12-15)22-2/h3-5,8,11-12,14,19H,6-7,9-10,13H2,1-2H3. The smallest absolute Gasteiger partial charge is 0.122 e. The molecule has 5 heteroatoms. The van der Waals surface area contributed by atoms with E-state index in [9.17, 15) is 0 Å². The predicted octanol–water partition coefficient (Wildman–Crippen LogP) is 2.51. The number of nitrogens with one attached hydrogen (secondary N) is 1. The fourth-order valence-electron chi connectivity index (χ4n) is 2.93. The Kier molecular flexibility index (Phi) is 4.63. The summed E-state index contributed by atoms with van der Waals surface area (Å²) < 4.78 is 7.37. The third kappa shape index (κ3) is 3.60. The van der Waals surface area contributed by atoms with Crippen molar-refractivity contribution in [1.82, 2.24) is 14.5 Å². The Morgan fingerprint density at radius 1 is 1.32 bits per heavy atom. The molecule has 0 radical (unpaired) electrons. The predicted molar refractivity (Wildman–Crippen MR) is 88.1 cm³/mol. The van der Waals surface area contributed by atoms with E-state index in [1.807, 2.05) is 24.5 Å². The number of aryl methyl sites for hydroxylation is 1. The van der Waals surface area contributed by atoms with E-state index in [2.05, 4.69) is 38.9 Å². The first kappa shape index (κ1) is 14.9. The summed E-state index contributed by atoms with van der Waals surface area (Å²) in [6.45, 7) is 3.15. The number of methoxy groups -OCH3 is 1. The molecular formula is C17H24N4O. The van der Waals surface area contributed by atoms with Crippen LogP contribution in [0, 0.1) is 0 Å². The first-order valence-corrected chi connectivity index (χ1v) is 7.84. The largest absolute Gasteiger partial charge is 0.497 e. The van der Waals surface area contributed by atoms with Gasteiger partial charge in [0.15, 0.2) is 0 Å². The van der Waals surface area contributed by atoms with E-state index in [-0.39, 0.29) is 0 Å². The van der Waals surface area contributed by atoms with Crippen LogP contribution in [-0.4, -0.2) is 40.7 Å². The molecule has 1 aromatic carbocycles. The van der Waals surface area contributed by atoms with Crippen LogP contribution in [-0.2, 0) is 13.6 Å². The van der Waals surface area contributed by atoms with Crippen LogP contribution >= 0.6 is 0 Å². The highest BCUT2D eigenvalue weighted by atomic mass is 16.5. The Labute approximate surface area is 131 Å². The van der Waals surface area contributed by atoms with Gasteiger partial charge >= 0.3 is 0 Å². The number of hydrogen-bond acceptors (Lipinski definition) is 4. The Morgan fingerprint density at radius 3 is 2.82 bits per heavy atom. The van der Waals surface area contributed by atoms with Crippen LogP contribution in [0.1, 0.15) is 18.7 Å². The Bertz CT molecular complexity index is 602. The van der Waals surface area contributed by atoms with E-state index in [4.69, 9.17) is 4.74 Å². The monoisotopic (exact) mass is 300 g/mol. The van der Waals surface area contributed by atoms with E-state index in [1.165, 1.54) is 0 Å². The molecule has 1 fully saturated rings. The molecule has 1 saturated heterocycles. The molecular weight excluding hydrogens is 276 g/mol. The number of likely N-dealkylation sites (tertiary alicyclic amines) is 1. The number of hydrogen-bond donors (Lipinski definition) is 1. The molecule has 1 N–H and O–H groups in total. The van der Waals surface area contributed by atoms with Crippen LogP contribution in [0.4, 0.5) is 5.69 Å². The van der Waals surface area contributed by atoms with Gasteiger partial charge in [0.05, 0.1) is 13.7 Å². The lowest BCUT2D eigenvalue weighted by molar-refractivity contribution is 0.205. The molecule has 0 unspecified atom stereocenters. The lowest BCUT2D eigenvalue weighted by Gasteiger charge is -2.32. The summed E-state index contributed by atoms with van der Waals surface area (Å²) in [5.41, 5.74) is 1.14. The van der Waals surface area contributed by atoms with Crippen LogP contribution < -0.4 is 10.1 Å². The van der Waals surface area contributed by atoms with Crippen molar-refractivity contribution in [3.63, 3.8) is 0 Å². The van der Waals surface area contributed by atoms with Crippen molar-refractivity contribution < 1.29 is 4.74 Å².